The van der Waals surface area contributed by atoms with E-state index in [0.29, 0.717) is 17.0 Å². The number of aryl methyl sites for hydroxylation is 1. The Hall–Kier alpha value is -2.56. The fourth-order valence-electron chi connectivity index (χ4n) is 1.79. The quantitative estimate of drug-likeness (QED) is 0.905. The first kappa shape index (κ1) is 13.9. The molecule has 0 heterocycles. The number of carbonyl (C=O) groups is 1. The number of benzene rings is 2. The van der Waals surface area contributed by atoms with Crippen LogP contribution in [0, 0.1) is 12.7 Å². The van der Waals surface area contributed by atoms with Gasteiger partial charge in [0.25, 0.3) is 5.91 Å². The molecule has 0 aliphatic rings. The van der Waals surface area contributed by atoms with E-state index in [9.17, 15) is 14.3 Å². The zero-order chi connectivity index (χ0) is 14.7. The second-order valence-corrected chi connectivity index (χ2v) is 4.30. The summed E-state index contributed by atoms with van der Waals surface area (Å²) in [4.78, 5) is 12.0. The minimum atomic E-state index is -0.391. The van der Waals surface area contributed by atoms with Crippen LogP contribution in [0.2, 0.25) is 0 Å². The lowest BCUT2D eigenvalue weighted by Crippen LogP contribution is -2.12. The first-order valence-electron chi connectivity index (χ1n) is 5.96. The van der Waals surface area contributed by atoms with Crippen molar-refractivity contribution in [2.45, 2.75) is 6.92 Å². The van der Waals surface area contributed by atoms with Crippen molar-refractivity contribution >= 4 is 11.6 Å². The van der Waals surface area contributed by atoms with Gasteiger partial charge in [-0.15, -0.1) is 0 Å². The summed E-state index contributed by atoms with van der Waals surface area (Å²) in [6.07, 6.45) is 0. The second-order valence-electron chi connectivity index (χ2n) is 4.30. The molecule has 2 N–H and O–H groups in total. The summed E-state index contributed by atoms with van der Waals surface area (Å²) < 4.78 is 17.9. The summed E-state index contributed by atoms with van der Waals surface area (Å²) in [5, 5.41) is 12.3. The molecule has 0 spiro atoms. The van der Waals surface area contributed by atoms with E-state index < -0.39 is 5.91 Å². The third-order valence-corrected chi connectivity index (χ3v) is 2.88. The topological polar surface area (TPSA) is 58.6 Å². The first-order chi connectivity index (χ1) is 9.51. The van der Waals surface area contributed by atoms with E-state index in [1.54, 1.807) is 6.92 Å². The number of rotatable bonds is 3. The first-order valence-corrected chi connectivity index (χ1v) is 5.96. The molecule has 0 aromatic heterocycles. The van der Waals surface area contributed by atoms with Crippen LogP contribution in [0.3, 0.4) is 0 Å². The van der Waals surface area contributed by atoms with Gasteiger partial charge in [-0.2, -0.15) is 0 Å². The van der Waals surface area contributed by atoms with Gasteiger partial charge in [0.1, 0.15) is 5.82 Å². The predicted molar refractivity (Wildman–Crippen MR) is 73.7 cm³/mol. The van der Waals surface area contributed by atoms with Gasteiger partial charge >= 0.3 is 0 Å². The Kier molecular flexibility index (Phi) is 3.89. The summed E-state index contributed by atoms with van der Waals surface area (Å²) in [5.41, 5.74) is 1.43. The number of halogens is 1. The summed E-state index contributed by atoms with van der Waals surface area (Å²) in [6.45, 7) is 1.70. The maximum atomic E-state index is 13.0. The van der Waals surface area contributed by atoms with Crippen molar-refractivity contribution in [3.63, 3.8) is 0 Å². The minimum absolute atomic E-state index is 0.115. The molecule has 2 aromatic rings. The molecular weight excluding hydrogens is 261 g/mol. The lowest BCUT2D eigenvalue weighted by molar-refractivity contribution is 0.102. The fourth-order valence-corrected chi connectivity index (χ4v) is 1.79. The van der Waals surface area contributed by atoms with E-state index in [1.807, 2.05) is 0 Å². The molecule has 0 fully saturated rings. The highest BCUT2D eigenvalue weighted by Gasteiger charge is 2.11. The average Bonchev–Trinajstić information content (AvgIpc) is 2.41. The molecule has 2 rings (SSSR count). The Morgan fingerprint density at radius 1 is 1.25 bits per heavy atom. The van der Waals surface area contributed by atoms with Gasteiger partial charge < -0.3 is 15.2 Å². The lowest BCUT2D eigenvalue weighted by atomic mass is 10.1. The van der Waals surface area contributed by atoms with E-state index in [0.717, 1.165) is 0 Å². The van der Waals surface area contributed by atoms with E-state index >= 15 is 0 Å². The highest BCUT2D eigenvalue weighted by atomic mass is 19.1. The minimum Gasteiger partial charge on any atom is -0.504 e. The molecule has 5 heteroatoms. The average molecular weight is 275 g/mol. The normalized spacial score (nSPS) is 10.2. The van der Waals surface area contributed by atoms with E-state index in [2.05, 4.69) is 5.32 Å². The number of aromatic hydroxyl groups is 1. The van der Waals surface area contributed by atoms with Crippen LogP contribution in [0.25, 0.3) is 0 Å². The number of ether oxygens (including phenoxy) is 1. The van der Waals surface area contributed by atoms with Gasteiger partial charge in [0.2, 0.25) is 0 Å². The van der Waals surface area contributed by atoms with E-state index in [-0.39, 0.29) is 17.1 Å². The van der Waals surface area contributed by atoms with Crippen LogP contribution in [-0.4, -0.2) is 18.1 Å². The molecule has 0 saturated heterocycles. The number of carbonyl (C=O) groups excluding carboxylic acids is 1. The van der Waals surface area contributed by atoms with Crippen molar-refractivity contribution in [1.29, 1.82) is 0 Å². The van der Waals surface area contributed by atoms with Crippen molar-refractivity contribution in [2.75, 3.05) is 12.4 Å². The third-order valence-electron chi connectivity index (χ3n) is 2.88. The maximum Gasteiger partial charge on any atom is 0.255 e. The Bertz CT molecular complexity index is 656. The van der Waals surface area contributed by atoms with Crippen molar-refractivity contribution < 1.29 is 19.0 Å². The van der Waals surface area contributed by atoms with Gasteiger partial charge in [-0.05, 0) is 48.9 Å². The maximum absolute atomic E-state index is 13.0. The molecule has 0 bridgehead atoms. The summed E-state index contributed by atoms with van der Waals surface area (Å²) in [6, 6.07) is 8.45. The summed E-state index contributed by atoms with van der Waals surface area (Å²) in [7, 11) is 1.43. The number of anilines is 1. The van der Waals surface area contributed by atoms with Gasteiger partial charge in [0.15, 0.2) is 11.5 Å². The van der Waals surface area contributed by atoms with Crippen LogP contribution in [0.5, 0.6) is 11.5 Å². The lowest BCUT2D eigenvalue weighted by Gasteiger charge is -2.09. The van der Waals surface area contributed by atoms with Crippen LogP contribution in [-0.2, 0) is 0 Å². The smallest absolute Gasteiger partial charge is 0.255 e. The molecule has 0 saturated carbocycles. The van der Waals surface area contributed by atoms with Crippen molar-refractivity contribution in [3.05, 3.63) is 53.3 Å². The fraction of sp³-hybridized carbons (Fsp3) is 0.133. The molecule has 4 nitrogen and oxygen atoms in total. The number of hydrogen-bond donors (Lipinski definition) is 2. The van der Waals surface area contributed by atoms with Crippen molar-refractivity contribution in [1.82, 2.24) is 0 Å². The molecule has 104 valence electrons. The molecule has 0 aliphatic carbocycles. The Morgan fingerprint density at radius 2 is 2.00 bits per heavy atom. The summed E-state index contributed by atoms with van der Waals surface area (Å²) >= 11 is 0. The van der Waals surface area contributed by atoms with Gasteiger partial charge in [-0.3, -0.25) is 4.79 Å². The van der Waals surface area contributed by atoms with Crippen LogP contribution < -0.4 is 10.1 Å². The standard InChI is InChI=1S/C15H14FNO3/c1-9-7-11(16)4-5-12(9)17-15(19)10-3-6-14(20-2)13(18)8-10/h3-8,18H,1-2H3,(H,17,19). The highest BCUT2D eigenvalue weighted by Crippen LogP contribution is 2.26. The SMILES string of the molecule is COc1ccc(C(=O)Nc2ccc(F)cc2C)cc1O. The monoisotopic (exact) mass is 275 g/mol. The number of phenols is 1. The van der Waals surface area contributed by atoms with Crippen LogP contribution in [0.15, 0.2) is 36.4 Å². The largest absolute Gasteiger partial charge is 0.504 e. The Labute approximate surface area is 115 Å². The molecular formula is C15H14FNO3. The molecule has 1 amide bonds. The van der Waals surface area contributed by atoms with E-state index in [4.69, 9.17) is 4.74 Å². The van der Waals surface area contributed by atoms with Crippen molar-refractivity contribution in [2.24, 2.45) is 0 Å². The van der Waals surface area contributed by atoms with Crippen LogP contribution >= 0.6 is 0 Å². The predicted octanol–water partition coefficient (Wildman–Crippen LogP) is 3.10. The van der Waals surface area contributed by atoms with Gasteiger partial charge in [0, 0.05) is 11.3 Å². The number of nitrogens with one attached hydrogen (secondary N) is 1. The van der Waals surface area contributed by atoms with Crippen LogP contribution in [0.1, 0.15) is 15.9 Å². The molecule has 2 aromatic carbocycles. The van der Waals surface area contributed by atoms with Gasteiger partial charge in [-0.25, -0.2) is 4.39 Å². The molecule has 0 radical (unpaired) electrons. The zero-order valence-electron chi connectivity index (χ0n) is 11.1. The second kappa shape index (κ2) is 5.61. The third kappa shape index (κ3) is 2.88. The number of hydrogen-bond acceptors (Lipinski definition) is 3. The van der Waals surface area contributed by atoms with E-state index in [1.165, 1.54) is 43.5 Å². The molecule has 0 unspecified atom stereocenters. The number of methoxy groups -OCH3 is 1. The highest BCUT2D eigenvalue weighted by molar-refractivity contribution is 6.05. The molecule has 20 heavy (non-hydrogen) atoms. The molecule has 0 atom stereocenters. The molecule has 0 aliphatic heterocycles. The Balaban J connectivity index is 2.21. The van der Waals surface area contributed by atoms with Crippen molar-refractivity contribution in [3.8, 4) is 11.5 Å². The van der Waals surface area contributed by atoms with Gasteiger partial charge in [0.05, 0.1) is 7.11 Å². The summed E-state index contributed by atoms with van der Waals surface area (Å²) in [5.74, 6) is -0.573. The number of amides is 1. The number of phenolic OH excluding ortho intramolecular Hbond substituents is 1. The zero-order valence-corrected chi connectivity index (χ0v) is 11.1. The Morgan fingerprint density at radius 3 is 2.60 bits per heavy atom. The van der Waals surface area contributed by atoms with Crippen LogP contribution in [0.4, 0.5) is 10.1 Å². The van der Waals surface area contributed by atoms with Gasteiger partial charge in [-0.1, -0.05) is 0 Å².